The molecular weight excluding hydrogens is 851 g/mol. The van der Waals surface area contributed by atoms with Crippen molar-refractivity contribution >= 4 is 42.0 Å². The molecule has 4 aromatic rings. The van der Waals surface area contributed by atoms with Crippen LogP contribution in [0.5, 0.6) is 5.75 Å². The van der Waals surface area contributed by atoms with Crippen LogP contribution in [-0.4, -0.2) is 90.2 Å². The topological polar surface area (TPSA) is 214 Å². The number of unbranched alkanes of at least 4 members (excludes halogenated alkanes) is 4. The van der Waals surface area contributed by atoms with Gasteiger partial charge in [-0.05, 0) is 87.2 Å². The number of benzene rings is 2. The zero-order valence-corrected chi connectivity index (χ0v) is 38.5. The lowest BCUT2D eigenvalue weighted by molar-refractivity contribution is -0.171. The van der Waals surface area contributed by atoms with E-state index in [0.29, 0.717) is 44.1 Å². The molecule has 0 saturated carbocycles. The predicted molar refractivity (Wildman–Crippen MR) is 244 cm³/mol. The predicted octanol–water partition coefficient (Wildman–Crippen LogP) is 7.32. The molecule has 2 aromatic heterocycles. The summed E-state index contributed by atoms with van der Waals surface area (Å²) in [5, 5.41) is 8.87. The molecule has 0 fully saturated rings. The van der Waals surface area contributed by atoms with Gasteiger partial charge in [-0.1, -0.05) is 71.9 Å². The highest BCUT2D eigenvalue weighted by Crippen LogP contribution is 2.30. The minimum atomic E-state index is -1.30. The molecule has 17 nitrogen and oxygen atoms in total. The second kappa shape index (κ2) is 27.4. The molecule has 2 aromatic carbocycles. The van der Waals surface area contributed by atoms with E-state index in [1.807, 2.05) is 55.9 Å². The van der Waals surface area contributed by atoms with E-state index in [2.05, 4.69) is 16.0 Å². The lowest BCUT2D eigenvalue weighted by atomic mass is 9.90. The zero-order chi connectivity index (χ0) is 47.8. The average Bonchev–Trinajstić information content (AvgIpc) is 4.05. The molecule has 0 unspecified atom stereocenters. The Morgan fingerprint density at radius 1 is 0.788 bits per heavy atom. The van der Waals surface area contributed by atoms with E-state index in [1.165, 1.54) is 12.1 Å². The maximum Gasteiger partial charge on any atom is 0.363 e. The van der Waals surface area contributed by atoms with E-state index in [-0.39, 0.29) is 54.9 Å². The Labute approximate surface area is 385 Å². The van der Waals surface area contributed by atoms with Gasteiger partial charge in [0.2, 0.25) is 12.3 Å². The van der Waals surface area contributed by atoms with Crippen LogP contribution in [0.2, 0.25) is 0 Å². The minimum absolute atomic E-state index is 0.0694. The summed E-state index contributed by atoms with van der Waals surface area (Å²) >= 11 is 0. The molecule has 356 valence electrons. The van der Waals surface area contributed by atoms with Crippen molar-refractivity contribution in [1.29, 1.82) is 0 Å². The van der Waals surface area contributed by atoms with Crippen molar-refractivity contribution in [1.82, 2.24) is 25.6 Å². The molecule has 66 heavy (non-hydrogen) atoms. The molecule has 2 heterocycles. The standard InChI is InChI=1S/C49H63N5O12/c1-6-11-14-20-37(40(9-4)54(33-55)66-48(60)35-18-17-19-36(29-35)53-25-15-16-26-53)45(57)50-32-51-47(59)42-24-23-41(65-42)34-21-22-38(43(30-34)62-10-5)46(58)52-39(49(61)64-28-13-8-3)31-44(56)63-27-12-7-2/h15-19,21-26,29-30,33,37,39-40H,6-14,20,27-28,31-32H2,1-5H3,(H,50,57)(H,51,59)(H,52,58)/t37-,39+,40-/m1/s1. The van der Waals surface area contributed by atoms with Gasteiger partial charge in [-0.25, -0.2) is 9.59 Å². The highest BCUT2D eigenvalue weighted by molar-refractivity contribution is 6.00. The van der Waals surface area contributed by atoms with Crippen molar-refractivity contribution in [3.05, 3.63) is 96.0 Å². The first-order valence-corrected chi connectivity index (χ1v) is 22.7. The van der Waals surface area contributed by atoms with Crippen molar-refractivity contribution < 1.29 is 57.0 Å². The Balaban J connectivity index is 1.41. The quantitative estimate of drug-likeness (QED) is 0.0161. The zero-order valence-electron chi connectivity index (χ0n) is 38.5. The average molecular weight is 914 g/mol. The molecule has 0 aliphatic heterocycles. The number of rotatable bonds is 29. The van der Waals surface area contributed by atoms with Gasteiger partial charge < -0.3 is 44.0 Å². The fourth-order valence-corrected chi connectivity index (χ4v) is 6.96. The van der Waals surface area contributed by atoms with Crippen LogP contribution in [0.3, 0.4) is 0 Å². The first-order valence-electron chi connectivity index (χ1n) is 22.7. The van der Waals surface area contributed by atoms with Crippen LogP contribution in [0, 0.1) is 5.92 Å². The summed E-state index contributed by atoms with van der Waals surface area (Å²) in [4.78, 5) is 97.3. The summed E-state index contributed by atoms with van der Waals surface area (Å²) in [7, 11) is 0. The van der Waals surface area contributed by atoms with Crippen molar-refractivity contribution in [2.75, 3.05) is 26.5 Å². The van der Waals surface area contributed by atoms with E-state index in [9.17, 15) is 33.6 Å². The van der Waals surface area contributed by atoms with Crippen LogP contribution in [0.25, 0.3) is 17.0 Å². The third-order valence-corrected chi connectivity index (χ3v) is 10.6. The van der Waals surface area contributed by atoms with Crippen LogP contribution in [0.4, 0.5) is 0 Å². The van der Waals surface area contributed by atoms with Gasteiger partial charge in [-0.3, -0.25) is 24.0 Å². The Morgan fingerprint density at radius 2 is 1.52 bits per heavy atom. The van der Waals surface area contributed by atoms with Crippen LogP contribution in [-0.2, 0) is 33.5 Å². The Kier molecular flexibility index (Phi) is 21.5. The lowest BCUT2D eigenvalue weighted by Gasteiger charge is -2.31. The van der Waals surface area contributed by atoms with Gasteiger partial charge in [0.1, 0.15) is 17.6 Å². The molecule has 0 bridgehead atoms. The summed E-state index contributed by atoms with van der Waals surface area (Å²) in [5.41, 5.74) is 1.49. The number of aromatic nitrogens is 1. The van der Waals surface area contributed by atoms with Gasteiger partial charge in [0, 0.05) is 23.6 Å². The highest BCUT2D eigenvalue weighted by Gasteiger charge is 2.34. The van der Waals surface area contributed by atoms with Crippen molar-refractivity contribution in [3.63, 3.8) is 0 Å². The van der Waals surface area contributed by atoms with Gasteiger partial charge in [-0.2, -0.15) is 5.06 Å². The first kappa shape index (κ1) is 51.7. The molecular formula is C49H63N5O12. The van der Waals surface area contributed by atoms with Gasteiger partial charge in [0.05, 0.1) is 56.0 Å². The van der Waals surface area contributed by atoms with E-state index < -0.39 is 60.1 Å². The SMILES string of the molecule is CCCCC[C@@H](C(=O)NCNC(=O)c1ccc(-c2ccc(C(=O)N[C@@H](CC(=O)OCCCC)C(=O)OCCCC)c(OCC)c2)o1)[C@@H](CC)N(C=O)OC(=O)c1cccc(-n2cccc2)c1. The smallest absolute Gasteiger partial charge is 0.363 e. The lowest BCUT2D eigenvalue weighted by Crippen LogP contribution is -2.49. The van der Waals surface area contributed by atoms with Crippen molar-refractivity contribution in [2.24, 2.45) is 5.92 Å². The third kappa shape index (κ3) is 15.4. The molecule has 3 atom stereocenters. The number of furan rings is 1. The van der Waals surface area contributed by atoms with Gasteiger partial charge in [0.25, 0.3) is 11.8 Å². The number of hydrogen-bond acceptors (Lipinski definition) is 12. The summed E-state index contributed by atoms with van der Waals surface area (Å²) in [5.74, 6) is -4.35. The summed E-state index contributed by atoms with van der Waals surface area (Å²) in [6.07, 6.45) is 9.61. The molecule has 4 rings (SSSR count). The molecule has 4 amide bonds. The molecule has 0 spiro atoms. The van der Waals surface area contributed by atoms with Gasteiger partial charge in [-0.15, -0.1) is 0 Å². The number of carbonyl (C=O) groups excluding carboxylic acids is 7. The maximum atomic E-state index is 13.7. The summed E-state index contributed by atoms with van der Waals surface area (Å²) in [6.45, 7) is 9.69. The molecule has 17 heteroatoms. The fourth-order valence-electron chi connectivity index (χ4n) is 6.96. The second-order valence-corrected chi connectivity index (χ2v) is 15.4. The number of hydroxylamine groups is 2. The number of carbonyl (C=O) groups is 7. The third-order valence-electron chi connectivity index (χ3n) is 10.6. The van der Waals surface area contributed by atoms with Crippen LogP contribution >= 0.6 is 0 Å². The van der Waals surface area contributed by atoms with Crippen LogP contribution in [0.15, 0.2) is 83.5 Å². The Morgan fingerprint density at radius 3 is 2.20 bits per heavy atom. The number of esters is 2. The number of nitrogens with zero attached hydrogens (tertiary/aromatic N) is 2. The molecule has 3 N–H and O–H groups in total. The normalized spacial score (nSPS) is 12.2. The fraction of sp³-hybridized carbons (Fsp3) is 0.449. The number of amides is 4. The number of hydrogen-bond donors (Lipinski definition) is 3. The summed E-state index contributed by atoms with van der Waals surface area (Å²) < 4.78 is 24.1. The van der Waals surface area contributed by atoms with Crippen molar-refractivity contribution in [3.8, 4) is 22.8 Å². The molecule has 0 radical (unpaired) electrons. The van der Waals surface area contributed by atoms with E-state index in [4.69, 9.17) is 23.5 Å². The second-order valence-electron chi connectivity index (χ2n) is 15.4. The molecule has 0 aliphatic rings. The molecule has 0 aliphatic carbocycles. The Bertz CT molecular complexity index is 2200. The number of ether oxygens (including phenoxy) is 3. The van der Waals surface area contributed by atoms with Crippen molar-refractivity contribution in [2.45, 2.75) is 111 Å². The minimum Gasteiger partial charge on any atom is -0.493 e. The number of nitrogens with one attached hydrogen (secondary N) is 3. The van der Waals surface area contributed by atoms with Crippen LogP contribution < -0.4 is 20.7 Å². The Hall–Kier alpha value is -6.91. The van der Waals surface area contributed by atoms with E-state index in [1.54, 1.807) is 50.2 Å². The van der Waals surface area contributed by atoms with Gasteiger partial charge >= 0.3 is 17.9 Å². The molecule has 0 saturated heterocycles. The van der Waals surface area contributed by atoms with Gasteiger partial charge in [0.15, 0.2) is 5.76 Å². The first-order chi connectivity index (χ1) is 32.0. The van der Waals surface area contributed by atoms with E-state index >= 15 is 0 Å². The van der Waals surface area contributed by atoms with E-state index in [0.717, 1.165) is 36.4 Å². The summed E-state index contributed by atoms with van der Waals surface area (Å²) in [6, 6.07) is 16.0. The van der Waals surface area contributed by atoms with Crippen LogP contribution in [0.1, 0.15) is 130 Å². The maximum absolute atomic E-state index is 13.7. The largest absolute Gasteiger partial charge is 0.493 e. The highest BCUT2D eigenvalue weighted by atomic mass is 16.7. The monoisotopic (exact) mass is 913 g/mol.